The standard InChI is InChI=1S/C27H29Cl2N3O5S/c1-4-30-27(34)19(2)31(17-20-10-11-21(28)16-25(20)29)26(33)18-32(38(3,35)36)22-12-14-24(15-13-22)37-23-8-6-5-7-9-23/h5-16,19H,4,17-18H2,1-3H3,(H,30,34)/t19-/m0/s1. The van der Waals surface area contributed by atoms with E-state index in [9.17, 15) is 18.0 Å². The summed E-state index contributed by atoms with van der Waals surface area (Å²) in [6.45, 7) is 3.18. The first kappa shape index (κ1) is 29.3. The van der Waals surface area contributed by atoms with Gasteiger partial charge in [0.1, 0.15) is 24.1 Å². The number of benzene rings is 3. The number of hydrogen-bond acceptors (Lipinski definition) is 5. The van der Waals surface area contributed by atoms with Crippen LogP contribution >= 0.6 is 23.2 Å². The van der Waals surface area contributed by atoms with Crippen LogP contribution in [0.4, 0.5) is 5.69 Å². The lowest BCUT2D eigenvalue weighted by molar-refractivity contribution is -0.139. The summed E-state index contributed by atoms with van der Waals surface area (Å²) in [7, 11) is -3.86. The lowest BCUT2D eigenvalue weighted by atomic mass is 10.1. The van der Waals surface area contributed by atoms with E-state index in [4.69, 9.17) is 27.9 Å². The fourth-order valence-electron chi connectivity index (χ4n) is 3.66. The largest absolute Gasteiger partial charge is 0.457 e. The Balaban J connectivity index is 1.87. The Kier molecular flexibility index (Phi) is 10.0. The number of nitrogens with zero attached hydrogens (tertiary/aromatic N) is 2. The van der Waals surface area contributed by atoms with Crippen molar-refractivity contribution in [2.24, 2.45) is 0 Å². The highest BCUT2D eigenvalue weighted by Crippen LogP contribution is 2.27. The molecule has 0 aliphatic carbocycles. The Bertz CT molecular complexity index is 1370. The van der Waals surface area contributed by atoms with Gasteiger partial charge in [0.2, 0.25) is 21.8 Å². The Morgan fingerprint density at radius 2 is 1.61 bits per heavy atom. The molecule has 3 rings (SSSR count). The predicted octanol–water partition coefficient (Wildman–Crippen LogP) is 5.11. The van der Waals surface area contributed by atoms with Crippen LogP contribution in [0.5, 0.6) is 11.5 Å². The molecule has 0 aliphatic rings. The molecule has 0 aromatic heterocycles. The number of amides is 2. The number of carbonyl (C=O) groups excluding carboxylic acids is 2. The first-order valence-electron chi connectivity index (χ1n) is 11.8. The number of rotatable bonds is 11. The highest BCUT2D eigenvalue weighted by molar-refractivity contribution is 7.92. The highest BCUT2D eigenvalue weighted by Gasteiger charge is 2.30. The number of sulfonamides is 1. The van der Waals surface area contributed by atoms with Crippen LogP contribution < -0.4 is 14.4 Å². The summed E-state index contributed by atoms with van der Waals surface area (Å²) >= 11 is 12.3. The van der Waals surface area contributed by atoms with E-state index in [-0.39, 0.29) is 18.1 Å². The van der Waals surface area contributed by atoms with E-state index in [1.807, 2.05) is 18.2 Å². The maximum atomic E-state index is 13.6. The van der Waals surface area contributed by atoms with E-state index in [1.165, 1.54) is 4.90 Å². The summed E-state index contributed by atoms with van der Waals surface area (Å²) in [5.41, 5.74) is 0.838. The second kappa shape index (κ2) is 13.0. The maximum Gasteiger partial charge on any atom is 0.244 e. The van der Waals surface area contributed by atoms with Crippen molar-refractivity contribution in [2.75, 3.05) is 23.7 Å². The Hall–Kier alpha value is -3.27. The van der Waals surface area contributed by atoms with Gasteiger partial charge in [-0.05, 0) is 67.9 Å². The first-order chi connectivity index (χ1) is 18.0. The molecule has 3 aromatic rings. The van der Waals surface area contributed by atoms with E-state index >= 15 is 0 Å². The molecule has 0 radical (unpaired) electrons. The van der Waals surface area contributed by atoms with Crippen molar-refractivity contribution in [1.82, 2.24) is 10.2 Å². The van der Waals surface area contributed by atoms with Crippen LogP contribution in [-0.2, 0) is 26.2 Å². The summed E-state index contributed by atoms with van der Waals surface area (Å²) in [5, 5.41) is 3.45. The molecule has 1 atom stereocenters. The quantitative estimate of drug-likeness (QED) is 0.342. The monoisotopic (exact) mass is 577 g/mol. The number of para-hydroxylation sites is 1. The summed E-state index contributed by atoms with van der Waals surface area (Å²) < 4.78 is 32.2. The smallest absolute Gasteiger partial charge is 0.244 e. The van der Waals surface area contributed by atoms with Gasteiger partial charge in [-0.15, -0.1) is 0 Å². The van der Waals surface area contributed by atoms with E-state index in [1.54, 1.807) is 68.4 Å². The molecule has 0 fully saturated rings. The van der Waals surface area contributed by atoms with Gasteiger partial charge < -0.3 is 15.0 Å². The normalized spacial score (nSPS) is 11.9. The number of likely N-dealkylation sites (N-methyl/N-ethyl adjacent to an activating group) is 1. The van der Waals surface area contributed by atoms with Crippen LogP contribution in [0, 0.1) is 0 Å². The maximum absolute atomic E-state index is 13.6. The van der Waals surface area contributed by atoms with Crippen LogP contribution in [0.3, 0.4) is 0 Å². The topological polar surface area (TPSA) is 96.0 Å². The fraction of sp³-hybridized carbons (Fsp3) is 0.259. The van der Waals surface area contributed by atoms with E-state index in [0.29, 0.717) is 33.7 Å². The van der Waals surface area contributed by atoms with Gasteiger partial charge in [0.05, 0.1) is 11.9 Å². The minimum atomic E-state index is -3.86. The van der Waals surface area contributed by atoms with Gasteiger partial charge in [-0.3, -0.25) is 13.9 Å². The van der Waals surface area contributed by atoms with Gasteiger partial charge in [0.15, 0.2) is 0 Å². The average molecular weight is 579 g/mol. The van der Waals surface area contributed by atoms with E-state index in [0.717, 1.165) is 10.6 Å². The predicted molar refractivity (Wildman–Crippen MR) is 150 cm³/mol. The molecule has 0 heterocycles. The van der Waals surface area contributed by atoms with Crippen molar-refractivity contribution in [1.29, 1.82) is 0 Å². The molecular formula is C27H29Cl2N3O5S. The number of carbonyl (C=O) groups is 2. The molecule has 0 spiro atoms. The Morgan fingerprint density at radius 3 is 2.18 bits per heavy atom. The van der Waals surface area contributed by atoms with Crippen LogP contribution in [-0.4, -0.2) is 50.5 Å². The molecular weight excluding hydrogens is 549 g/mol. The molecule has 11 heteroatoms. The Morgan fingerprint density at radius 1 is 0.974 bits per heavy atom. The van der Waals surface area contributed by atoms with Crippen molar-refractivity contribution in [3.8, 4) is 11.5 Å². The van der Waals surface area contributed by atoms with E-state index in [2.05, 4.69) is 5.32 Å². The van der Waals surface area contributed by atoms with Crippen LogP contribution in [0.2, 0.25) is 10.0 Å². The average Bonchev–Trinajstić information content (AvgIpc) is 2.87. The van der Waals surface area contributed by atoms with Crippen LogP contribution in [0.25, 0.3) is 0 Å². The molecule has 2 amide bonds. The molecule has 1 N–H and O–H groups in total. The van der Waals surface area contributed by atoms with Crippen molar-refractivity contribution in [2.45, 2.75) is 26.4 Å². The van der Waals surface area contributed by atoms with Gasteiger partial charge in [-0.1, -0.05) is 47.5 Å². The second-order valence-electron chi connectivity index (χ2n) is 8.51. The van der Waals surface area contributed by atoms with Crippen LogP contribution in [0.1, 0.15) is 19.4 Å². The molecule has 38 heavy (non-hydrogen) atoms. The number of nitrogens with one attached hydrogen (secondary N) is 1. The molecule has 0 aliphatic heterocycles. The third-order valence-corrected chi connectivity index (χ3v) is 7.38. The fourth-order valence-corrected chi connectivity index (χ4v) is 4.97. The van der Waals surface area contributed by atoms with Gasteiger partial charge in [0.25, 0.3) is 0 Å². The Labute approximate surface area is 233 Å². The minimum Gasteiger partial charge on any atom is -0.457 e. The lowest BCUT2D eigenvalue weighted by Crippen LogP contribution is -2.51. The molecule has 202 valence electrons. The van der Waals surface area contributed by atoms with Gasteiger partial charge >= 0.3 is 0 Å². The summed E-state index contributed by atoms with van der Waals surface area (Å²) in [5.74, 6) is 0.180. The molecule has 0 unspecified atom stereocenters. The first-order valence-corrected chi connectivity index (χ1v) is 14.4. The third kappa shape index (κ3) is 7.86. The zero-order chi connectivity index (χ0) is 27.9. The number of halogens is 2. The lowest BCUT2D eigenvalue weighted by Gasteiger charge is -2.31. The zero-order valence-electron chi connectivity index (χ0n) is 21.2. The minimum absolute atomic E-state index is 0.0193. The molecule has 0 bridgehead atoms. The van der Waals surface area contributed by atoms with Crippen molar-refractivity contribution >= 4 is 50.7 Å². The molecule has 0 saturated heterocycles. The van der Waals surface area contributed by atoms with E-state index < -0.39 is 28.5 Å². The van der Waals surface area contributed by atoms with Crippen molar-refractivity contribution < 1.29 is 22.7 Å². The summed E-state index contributed by atoms with van der Waals surface area (Å²) in [4.78, 5) is 27.5. The van der Waals surface area contributed by atoms with Crippen molar-refractivity contribution in [3.05, 3.63) is 88.4 Å². The molecule has 3 aromatic carbocycles. The second-order valence-corrected chi connectivity index (χ2v) is 11.3. The number of anilines is 1. The SMILES string of the molecule is CCNC(=O)[C@H](C)N(Cc1ccc(Cl)cc1Cl)C(=O)CN(c1ccc(Oc2ccccc2)cc1)S(C)(=O)=O. The zero-order valence-corrected chi connectivity index (χ0v) is 23.6. The molecule has 8 nitrogen and oxygen atoms in total. The number of ether oxygens (including phenoxy) is 1. The molecule has 0 saturated carbocycles. The van der Waals surface area contributed by atoms with Crippen molar-refractivity contribution in [3.63, 3.8) is 0 Å². The summed E-state index contributed by atoms with van der Waals surface area (Å²) in [6.07, 6.45) is 1.02. The highest BCUT2D eigenvalue weighted by atomic mass is 35.5. The summed E-state index contributed by atoms with van der Waals surface area (Å²) in [6, 6.07) is 19.4. The third-order valence-electron chi connectivity index (χ3n) is 5.66. The van der Waals surface area contributed by atoms with Gasteiger partial charge in [0, 0.05) is 23.1 Å². The van der Waals surface area contributed by atoms with Gasteiger partial charge in [-0.25, -0.2) is 8.42 Å². The van der Waals surface area contributed by atoms with Gasteiger partial charge in [-0.2, -0.15) is 0 Å². The number of hydrogen-bond donors (Lipinski definition) is 1. The van der Waals surface area contributed by atoms with Crippen LogP contribution in [0.15, 0.2) is 72.8 Å².